The van der Waals surface area contributed by atoms with Crippen molar-refractivity contribution in [2.45, 2.75) is 18.8 Å². The molecule has 2 heterocycles. The van der Waals surface area contributed by atoms with Gasteiger partial charge in [0.25, 0.3) is 0 Å². The van der Waals surface area contributed by atoms with Crippen LogP contribution in [-0.2, 0) is 0 Å². The van der Waals surface area contributed by atoms with Gasteiger partial charge in [0, 0.05) is 11.6 Å². The first-order chi connectivity index (χ1) is 11.7. The summed E-state index contributed by atoms with van der Waals surface area (Å²) in [6.45, 7) is 0. The van der Waals surface area contributed by atoms with Crippen LogP contribution in [0.1, 0.15) is 29.5 Å². The molecule has 0 radical (unpaired) electrons. The van der Waals surface area contributed by atoms with E-state index in [2.05, 4.69) is 25.6 Å². The van der Waals surface area contributed by atoms with Crippen LogP contribution in [0.25, 0.3) is 0 Å². The molecule has 9 heteroatoms. The molecule has 1 aliphatic carbocycles. The minimum Gasteiger partial charge on any atom is -0.331 e. The second kappa shape index (κ2) is 6.46. The van der Waals surface area contributed by atoms with E-state index in [-0.39, 0.29) is 0 Å². The summed E-state index contributed by atoms with van der Waals surface area (Å²) in [7, 11) is 0. The molecule has 122 valence electrons. The maximum atomic E-state index is 6.22. The van der Waals surface area contributed by atoms with E-state index in [1.807, 2.05) is 30.3 Å². The van der Waals surface area contributed by atoms with Crippen LogP contribution in [0.2, 0.25) is 5.15 Å². The molecule has 0 bridgehead atoms. The molecule has 1 aliphatic rings. The molecule has 0 atom stereocenters. The first-order valence-corrected chi connectivity index (χ1v) is 9.01. The highest BCUT2D eigenvalue weighted by Crippen LogP contribution is 2.38. The number of rotatable bonds is 5. The molecule has 0 spiro atoms. The first-order valence-electron chi connectivity index (χ1n) is 7.41. The number of aromatic amines is 1. The van der Waals surface area contributed by atoms with Crippen LogP contribution < -0.4 is 5.32 Å². The lowest BCUT2D eigenvalue weighted by atomic mass is 10.3. The zero-order chi connectivity index (χ0) is 16.5. The van der Waals surface area contributed by atoms with Crippen molar-refractivity contribution in [3.8, 4) is 0 Å². The zero-order valence-corrected chi connectivity index (χ0v) is 14.8. The monoisotopic (exact) mass is 376 g/mol. The van der Waals surface area contributed by atoms with E-state index in [0.717, 1.165) is 29.2 Å². The molecule has 2 N–H and O–H groups in total. The van der Waals surface area contributed by atoms with Crippen LogP contribution >= 0.6 is 35.2 Å². The third-order valence-corrected chi connectivity index (χ3v) is 5.11. The number of benzene rings is 1. The van der Waals surface area contributed by atoms with Crippen molar-refractivity contribution in [3.05, 3.63) is 51.0 Å². The summed E-state index contributed by atoms with van der Waals surface area (Å²) >= 11 is 12.9. The highest BCUT2D eigenvalue weighted by molar-refractivity contribution is 7.71. The maximum absolute atomic E-state index is 6.22. The van der Waals surface area contributed by atoms with Gasteiger partial charge in [0.05, 0.1) is 11.1 Å². The summed E-state index contributed by atoms with van der Waals surface area (Å²) in [6.07, 6.45) is 3.93. The Labute approximate surface area is 152 Å². The van der Waals surface area contributed by atoms with Crippen LogP contribution in [-0.4, -0.2) is 26.1 Å². The highest BCUT2D eigenvalue weighted by atomic mass is 35.5. The predicted molar refractivity (Wildman–Crippen MR) is 99.2 cm³/mol. The molecule has 1 fully saturated rings. The van der Waals surface area contributed by atoms with Crippen molar-refractivity contribution >= 4 is 52.2 Å². The summed E-state index contributed by atoms with van der Waals surface area (Å²) in [5.41, 5.74) is 0.958. The average molecular weight is 377 g/mol. The van der Waals surface area contributed by atoms with Crippen molar-refractivity contribution in [1.29, 1.82) is 0 Å². The van der Waals surface area contributed by atoms with E-state index in [4.69, 9.17) is 23.8 Å². The van der Waals surface area contributed by atoms with Crippen molar-refractivity contribution in [3.63, 3.8) is 0 Å². The second-order valence-electron chi connectivity index (χ2n) is 5.38. The second-order valence-corrected chi connectivity index (χ2v) is 7.16. The van der Waals surface area contributed by atoms with E-state index < -0.39 is 0 Å². The van der Waals surface area contributed by atoms with E-state index in [1.165, 1.54) is 11.3 Å². The summed E-state index contributed by atoms with van der Waals surface area (Å²) < 4.78 is 2.14. The number of halogens is 1. The van der Waals surface area contributed by atoms with Gasteiger partial charge in [-0.25, -0.2) is 4.98 Å². The molecule has 0 amide bonds. The summed E-state index contributed by atoms with van der Waals surface area (Å²) in [6, 6.07) is 9.82. The van der Waals surface area contributed by atoms with Crippen molar-refractivity contribution in [2.24, 2.45) is 5.10 Å². The Morgan fingerprint density at radius 3 is 2.92 bits per heavy atom. The number of para-hydroxylation sites is 1. The lowest BCUT2D eigenvalue weighted by Crippen LogP contribution is -1.96. The van der Waals surface area contributed by atoms with Gasteiger partial charge in [-0.3, -0.25) is 5.10 Å². The van der Waals surface area contributed by atoms with Gasteiger partial charge in [-0.15, -0.1) is 0 Å². The molecule has 0 aliphatic heterocycles. The van der Waals surface area contributed by atoms with E-state index in [1.54, 1.807) is 10.9 Å². The standard InChI is InChI=1S/C15H13ClN6S2/c16-12-11(24-14(19-12)18-10-4-2-1-3-5-10)8-17-22-13(9-6-7-9)20-21-15(22)23/h1-5,8-9H,6-7H2,(H,18,19)(H,21,23)/b17-8+. The number of anilines is 2. The fraction of sp³-hybridized carbons (Fsp3) is 0.200. The SMILES string of the molecule is S=c1[nH]nc(C2CC2)n1/N=C/c1sc(Nc2ccccc2)nc1Cl. The van der Waals surface area contributed by atoms with Crippen LogP contribution in [0.15, 0.2) is 35.4 Å². The number of H-pyrrole nitrogens is 1. The van der Waals surface area contributed by atoms with Crippen LogP contribution in [0, 0.1) is 4.77 Å². The zero-order valence-electron chi connectivity index (χ0n) is 12.4. The topological polar surface area (TPSA) is 70.9 Å². The number of aromatic nitrogens is 4. The van der Waals surface area contributed by atoms with Gasteiger partial charge >= 0.3 is 0 Å². The number of thiazole rings is 1. The van der Waals surface area contributed by atoms with E-state index in [0.29, 0.717) is 21.0 Å². The lowest BCUT2D eigenvalue weighted by molar-refractivity contribution is 0.773. The molecular formula is C15H13ClN6S2. The predicted octanol–water partition coefficient (Wildman–Crippen LogP) is 4.55. The molecule has 0 saturated heterocycles. The molecule has 1 aromatic carbocycles. The fourth-order valence-corrected chi connectivity index (χ4v) is 3.45. The molecule has 6 nitrogen and oxygen atoms in total. The van der Waals surface area contributed by atoms with Gasteiger partial charge in [0.1, 0.15) is 0 Å². The quantitative estimate of drug-likeness (QED) is 0.506. The average Bonchev–Trinajstić information content (AvgIpc) is 3.27. The smallest absolute Gasteiger partial charge is 0.216 e. The number of hydrogen-bond acceptors (Lipinski definition) is 6. The molecule has 0 unspecified atom stereocenters. The largest absolute Gasteiger partial charge is 0.331 e. The van der Waals surface area contributed by atoms with E-state index in [9.17, 15) is 0 Å². The van der Waals surface area contributed by atoms with Gasteiger partial charge in [-0.1, -0.05) is 41.1 Å². The minimum atomic E-state index is 0.408. The molecule has 24 heavy (non-hydrogen) atoms. The number of nitrogens with one attached hydrogen (secondary N) is 2. The third kappa shape index (κ3) is 3.26. The highest BCUT2D eigenvalue weighted by Gasteiger charge is 2.29. The normalized spacial score (nSPS) is 14.4. The van der Waals surface area contributed by atoms with Crippen LogP contribution in [0.3, 0.4) is 0 Å². The van der Waals surface area contributed by atoms with Gasteiger partial charge in [-0.2, -0.15) is 14.9 Å². The molecule has 3 aromatic rings. The summed E-state index contributed by atoms with van der Waals surface area (Å²) in [4.78, 5) is 5.08. The Morgan fingerprint density at radius 2 is 2.17 bits per heavy atom. The molecular weight excluding hydrogens is 364 g/mol. The third-order valence-electron chi connectivity index (χ3n) is 3.54. The van der Waals surface area contributed by atoms with Gasteiger partial charge in [0.2, 0.25) is 4.77 Å². The fourth-order valence-electron chi connectivity index (χ4n) is 2.22. The van der Waals surface area contributed by atoms with Gasteiger partial charge < -0.3 is 5.32 Å². The maximum Gasteiger partial charge on any atom is 0.216 e. The molecule has 1 saturated carbocycles. The van der Waals surface area contributed by atoms with Crippen molar-refractivity contribution in [1.82, 2.24) is 19.9 Å². The van der Waals surface area contributed by atoms with Gasteiger partial charge in [-0.05, 0) is 37.2 Å². The van der Waals surface area contributed by atoms with Gasteiger partial charge in [0.15, 0.2) is 16.1 Å². The number of hydrogen-bond donors (Lipinski definition) is 2. The van der Waals surface area contributed by atoms with Crippen molar-refractivity contribution < 1.29 is 0 Å². The summed E-state index contributed by atoms with van der Waals surface area (Å²) in [5, 5.41) is 15.8. The van der Waals surface area contributed by atoms with Crippen LogP contribution in [0.5, 0.6) is 0 Å². The Kier molecular flexibility index (Phi) is 4.17. The lowest BCUT2D eigenvalue weighted by Gasteiger charge is -2.00. The Bertz CT molecular complexity index is 939. The van der Waals surface area contributed by atoms with Crippen molar-refractivity contribution in [2.75, 3.05) is 5.32 Å². The minimum absolute atomic E-state index is 0.408. The Balaban J connectivity index is 1.57. The first kappa shape index (κ1) is 15.5. The Hall–Kier alpha value is -2.03. The molecule has 2 aromatic heterocycles. The summed E-state index contributed by atoms with van der Waals surface area (Å²) in [5.74, 6) is 1.32. The number of nitrogens with zero attached hydrogens (tertiary/aromatic N) is 4. The molecule has 4 rings (SSSR count). The van der Waals surface area contributed by atoms with E-state index >= 15 is 0 Å². The Morgan fingerprint density at radius 1 is 1.38 bits per heavy atom. The van der Waals surface area contributed by atoms with Crippen LogP contribution in [0.4, 0.5) is 10.8 Å².